The number of nitrogens with two attached hydrogens (primary N) is 2. The van der Waals surface area contributed by atoms with Crippen LogP contribution < -0.4 is 11.5 Å². The fraction of sp³-hybridized carbons (Fsp3) is 0. The van der Waals surface area contributed by atoms with Crippen molar-refractivity contribution in [1.29, 1.82) is 0 Å². The molecule has 1 heterocycles. The second-order valence-corrected chi connectivity index (χ2v) is 4.85. The molecule has 9 nitrogen and oxygen atoms in total. The number of hydrogen-bond donors (Lipinski definition) is 4. The number of anilines is 2. The highest BCUT2D eigenvalue weighted by molar-refractivity contribution is 6.35. The molecule has 11 heteroatoms. The first-order valence-electron chi connectivity index (χ1n) is 6.05. The fourth-order valence-corrected chi connectivity index (χ4v) is 1.72. The van der Waals surface area contributed by atoms with E-state index in [0.717, 1.165) is 0 Å². The molecule has 0 saturated heterocycles. The Morgan fingerprint density at radius 1 is 0.958 bits per heavy atom. The lowest BCUT2D eigenvalue weighted by Crippen LogP contribution is -2.04. The van der Waals surface area contributed by atoms with Crippen LogP contribution in [0.15, 0.2) is 30.4 Å². The number of nitrogens with zero attached hydrogens (tertiary/aromatic N) is 3. The Kier molecular flexibility index (Phi) is 6.90. The van der Waals surface area contributed by atoms with Crippen LogP contribution in [0.2, 0.25) is 10.0 Å². The van der Waals surface area contributed by atoms with E-state index in [1.54, 1.807) is 18.2 Å². The molecule has 0 bridgehead atoms. The standard InChI is InChI=1S/C9H7Cl2N5.C4H4O4/c10-4-1-2-6(11)5(3-4)7-14-8(12)16-9(13)15-7;5-3(6)1-2-4(7)8/h1-3H,(H4,12,13,14,15,16);1-2H,(H,5,6)(H,7,8)/b;2-1+. The summed E-state index contributed by atoms with van der Waals surface area (Å²) in [5, 5.41) is 16.6. The normalized spacial score (nSPS) is 10.1. The first-order chi connectivity index (χ1) is 11.2. The third-order valence-electron chi connectivity index (χ3n) is 2.21. The van der Waals surface area contributed by atoms with E-state index in [-0.39, 0.29) is 11.9 Å². The third-order valence-corrected chi connectivity index (χ3v) is 2.77. The summed E-state index contributed by atoms with van der Waals surface area (Å²) in [6.07, 6.45) is 1.12. The Bertz CT molecular complexity index is 762. The van der Waals surface area contributed by atoms with Gasteiger partial charge in [-0.25, -0.2) is 9.59 Å². The summed E-state index contributed by atoms with van der Waals surface area (Å²) in [5.74, 6) is -2.13. The lowest BCUT2D eigenvalue weighted by Gasteiger charge is -2.04. The predicted molar refractivity (Wildman–Crippen MR) is 88.5 cm³/mol. The summed E-state index contributed by atoms with van der Waals surface area (Å²) in [4.78, 5) is 30.7. The maximum absolute atomic E-state index is 9.55. The van der Waals surface area contributed by atoms with Crippen molar-refractivity contribution in [3.8, 4) is 11.4 Å². The summed E-state index contributed by atoms with van der Waals surface area (Å²) in [6, 6.07) is 4.95. The summed E-state index contributed by atoms with van der Waals surface area (Å²) < 4.78 is 0. The first-order valence-corrected chi connectivity index (χ1v) is 6.81. The Labute approximate surface area is 145 Å². The van der Waals surface area contributed by atoms with Crippen molar-refractivity contribution >= 4 is 47.0 Å². The smallest absolute Gasteiger partial charge is 0.328 e. The molecule has 0 aliphatic heterocycles. The summed E-state index contributed by atoms with van der Waals surface area (Å²) in [6.45, 7) is 0. The third kappa shape index (κ3) is 6.46. The fourth-order valence-electron chi connectivity index (χ4n) is 1.34. The van der Waals surface area contributed by atoms with Gasteiger partial charge in [-0.2, -0.15) is 15.0 Å². The largest absolute Gasteiger partial charge is 0.478 e. The monoisotopic (exact) mass is 371 g/mol. The summed E-state index contributed by atoms with van der Waals surface area (Å²) in [7, 11) is 0. The van der Waals surface area contributed by atoms with Gasteiger partial charge in [0.25, 0.3) is 0 Å². The Morgan fingerprint density at radius 2 is 1.46 bits per heavy atom. The number of aromatic nitrogens is 3. The van der Waals surface area contributed by atoms with Gasteiger partial charge in [-0.3, -0.25) is 0 Å². The molecule has 0 amide bonds. The van der Waals surface area contributed by atoms with Crippen molar-refractivity contribution in [3.05, 3.63) is 40.4 Å². The molecule has 0 atom stereocenters. The molecule has 1 aromatic heterocycles. The lowest BCUT2D eigenvalue weighted by molar-refractivity contribution is -0.134. The minimum atomic E-state index is -1.26. The van der Waals surface area contributed by atoms with Crippen LogP contribution in [-0.2, 0) is 9.59 Å². The lowest BCUT2D eigenvalue weighted by atomic mass is 10.2. The maximum atomic E-state index is 9.55. The minimum Gasteiger partial charge on any atom is -0.478 e. The highest BCUT2D eigenvalue weighted by Gasteiger charge is 2.09. The zero-order chi connectivity index (χ0) is 18.3. The van der Waals surface area contributed by atoms with Gasteiger partial charge >= 0.3 is 11.9 Å². The second-order valence-electron chi connectivity index (χ2n) is 4.01. The van der Waals surface area contributed by atoms with E-state index < -0.39 is 11.9 Å². The van der Waals surface area contributed by atoms with Crippen molar-refractivity contribution in [2.45, 2.75) is 0 Å². The van der Waals surface area contributed by atoms with E-state index in [1.807, 2.05) is 0 Å². The molecule has 24 heavy (non-hydrogen) atoms. The Hall–Kier alpha value is -2.91. The van der Waals surface area contributed by atoms with Crippen LogP contribution in [0, 0.1) is 0 Å². The topological polar surface area (TPSA) is 165 Å². The van der Waals surface area contributed by atoms with Crippen LogP contribution in [0.25, 0.3) is 11.4 Å². The van der Waals surface area contributed by atoms with Crippen LogP contribution >= 0.6 is 23.2 Å². The maximum Gasteiger partial charge on any atom is 0.328 e. The molecule has 6 N–H and O–H groups in total. The highest BCUT2D eigenvalue weighted by atomic mass is 35.5. The number of benzene rings is 1. The van der Waals surface area contributed by atoms with Gasteiger partial charge in [0.05, 0.1) is 5.02 Å². The van der Waals surface area contributed by atoms with Gasteiger partial charge in [-0.1, -0.05) is 23.2 Å². The van der Waals surface area contributed by atoms with E-state index in [0.29, 0.717) is 33.6 Å². The number of halogens is 2. The van der Waals surface area contributed by atoms with Crippen LogP contribution in [0.1, 0.15) is 0 Å². The van der Waals surface area contributed by atoms with Crippen molar-refractivity contribution in [2.75, 3.05) is 11.5 Å². The van der Waals surface area contributed by atoms with E-state index in [1.165, 1.54) is 0 Å². The van der Waals surface area contributed by atoms with Gasteiger partial charge in [0, 0.05) is 22.7 Å². The minimum absolute atomic E-state index is 0.0403. The average molecular weight is 372 g/mol. The molecule has 0 unspecified atom stereocenters. The van der Waals surface area contributed by atoms with E-state index in [2.05, 4.69) is 15.0 Å². The van der Waals surface area contributed by atoms with Gasteiger partial charge < -0.3 is 21.7 Å². The molecule has 2 rings (SSSR count). The van der Waals surface area contributed by atoms with Crippen LogP contribution in [0.4, 0.5) is 11.9 Å². The van der Waals surface area contributed by atoms with Gasteiger partial charge in [-0.15, -0.1) is 0 Å². The van der Waals surface area contributed by atoms with Gasteiger partial charge in [-0.05, 0) is 18.2 Å². The molecule has 126 valence electrons. The van der Waals surface area contributed by atoms with Crippen molar-refractivity contribution < 1.29 is 19.8 Å². The molecular weight excluding hydrogens is 361 g/mol. The van der Waals surface area contributed by atoms with E-state index in [4.69, 9.17) is 44.9 Å². The number of aliphatic carboxylic acids is 2. The zero-order valence-corrected chi connectivity index (χ0v) is 13.4. The number of carboxylic acids is 2. The van der Waals surface area contributed by atoms with Gasteiger partial charge in [0.2, 0.25) is 11.9 Å². The van der Waals surface area contributed by atoms with Crippen LogP contribution in [0.3, 0.4) is 0 Å². The van der Waals surface area contributed by atoms with E-state index in [9.17, 15) is 9.59 Å². The molecule has 0 spiro atoms. The Morgan fingerprint density at radius 3 is 1.92 bits per heavy atom. The molecule has 0 aliphatic carbocycles. The molecule has 2 aromatic rings. The van der Waals surface area contributed by atoms with Crippen molar-refractivity contribution in [3.63, 3.8) is 0 Å². The number of carbonyl (C=O) groups is 2. The number of carboxylic acid groups (broad SMARTS) is 2. The van der Waals surface area contributed by atoms with Crippen molar-refractivity contribution in [2.24, 2.45) is 0 Å². The molecule has 1 aromatic carbocycles. The molecule has 0 aliphatic rings. The number of nitrogen functional groups attached to an aromatic ring is 2. The first kappa shape index (κ1) is 19.1. The molecule has 0 radical (unpaired) electrons. The second kappa shape index (κ2) is 8.65. The highest BCUT2D eigenvalue weighted by Crippen LogP contribution is 2.28. The Balaban J connectivity index is 0.000000307. The quantitative estimate of drug-likeness (QED) is 0.587. The summed E-state index contributed by atoms with van der Waals surface area (Å²) >= 11 is 11.8. The van der Waals surface area contributed by atoms with Crippen molar-refractivity contribution in [1.82, 2.24) is 15.0 Å². The van der Waals surface area contributed by atoms with Gasteiger partial charge in [0.1, 0.15) is 0 Å². The number of hydrogen-bond acceptors (Lipinski definition) is 7. The average Bonchev–Trinajstić information content (AvgIpc) is 2.47. The van der Waals surface area contributed by atoms with Crippen LogP contribution in [-0.4, -0.2) is 37.1 Å². The predicted octanol–water partition coefficient (Wildman–Crippen LogP) is 1.72. The van der Waals surface area contributed by atoms with E-state index >= 15 is 0 Å². The summed E-state index contributed by atoms with van der Waals surface area (Å²) in [5.41, 5.74) is 11.5. The van der Waals surface area contributed by atoms with Gasteiger partial charge in [0.15, 0.2) is 5.82 Å². The molecular formula is C13H11Cl2N5O4. The molecule has 0 saturated carbocycles. The zero-order valence-electron chi connectivity index (χ0n) is 11.8. The molecule has 0 fully saturated rings. The van der Waals surface area contributed by atoms with Crippen LogP contribution in [0.5, 0.6) is 0 Å². The SMILES string of the molecule is Nc1nc(N)nc(-c2cc(Cl)ccc2Cl)n1.O=C(O)/C=C/C(=O)O. The number of rotatable bonds is 3.